The van der Waals surface area contributed by atoms with Crippen molar-refractivity contribution in [1.82, 2.24) is 5.32 Å². The largest absolute Gasteiger partial charge is 0.493 e. The van der Waals surface area contributed by atoms with Gasteiger partial charge in [0.1, 0.15) is 12.4 Å². The molecule has 2 unspecified atom stereocenters. The maximum Gasteiger partial charge on any atom is 0.161 e. The molecular weight excluding hydrogens is 266 g/mol. The highest BCUT2D eigenvalue weighted by atomic mass is 16.6. The summed E-state index contributed by atoms with van der Waals surface area (Å²) in [6.45, 7) is 0.501. The second-order valence-electron chi connectivity index (χ2n) is 4.92. The Labute approximate surface area is 124 Å². The lowest BCUT2D eigenvalue weighted by Crippen LogP contribution is -2.41. The summed E-state index contributed by atoms with van der Waals surface area (Å²) in [6, 6.07) is 15.8. The summed E-state index contributed by atoms with van der Waals surface area (Å²) < 4.78 is 17.3. The monoisotopic (exact) mass is 285 g/mol. The Balaban J connectivity index is 1.86. The molecule has 4 heteroatoms. The summed E-state index contributed by atoms with van der Waals surface area (Å²) in [5.74, 6) is 2.37. The molecule has 0 aliphatic carbocycles. The molecule has 1 heterocycles. The van der Waals surface area contributed by atoms with Crippen LogP contribution in [0.2, 0.25) is 0 Å². The Kier molecular flexibility index (Phi) is 3.97. The summed E-state index contributed by atoms with van der Waals surface area (Å²) in [6.07, 6.45) is -0.110. The smallest absolute Gasteiger partial charge is 0.161 e. The molecule has 3 rings (SSSR count). The normalized spacial score (nSPS) is 20.3. The average molecular weight is 285 g/mol. The Morgan fingerprint density at radius 1 is 1.05 bits per heavy atom. The number of ether oxygens (including phenoxy) is 3. The van der Waals surface area contributed by atoms with E-state index in [2.05, 4.69) is 11.4 Å². The summed E-state index contributed by atoms with van der Waals surface area (Å²) >= 11 is 0. The lowest BCUT2D eigenvalue weighted by atomic mass is 9.98. The predicted octanol–water partition coefficient (Wildman–Crippen LogP) is 2.80. The molecule has 0 fully saturated rings. The molecule has 2 aromatic carbocycles. The van der Waals surface area contributed by atoms with Crippen molar-refractivity contribution in [1.29, 1.82) is 0 Å². The van der Waals surface area contributed by atoms with E-state index in [1.165, 1.54) is 0 Å². The number of fused-ring (bicyclic) bond motifs is 1. The predicted molar refractivity (Wildman–Crippen MR) is 81.1 cm³/mol. The van der Waals surface area contributed by atoms with Crippen LogP contribution in [-0.2, 0) is 0 Å². The molecule has 0 aromatic heterocycles. The number of methoxy groups -OCH3 is 1. The van der Waals surface area contributed by atoms with Gasteiger partial charge in [0.15, 0.2) is 17.6 Å². The highest BCUT2D eigenvalue weighted by Crippen LogP contribution is 2.35. The molecule has 1 aliphatic heterocycles. The van der Waals surface area contributed by atoms with Gasteiger partial charge >= 0.3 is 0 Å². The molecule has 2 aromatic rings. The number of hydrogen-bond donors (Lipinski definition) is 1. The van der Waals surface area contributed by atoms with Gasteiger partial charge in [-0.15, -0.1) is 0 Å². The minimum absolute atomic E-state index is 0.0832. The first-order valence-corrected chi connectivity index (χ1v) is 7.02. The SMILES string of the molecule is CNC1c2ccccc2OCC1Oc1ccccc1OC. The highest BCUT2D eigenvalue weighted by Gasteiger charge is 2.31. The van der Waals surface area contributed by atoms with E-state index in [4.69, 9.17) is 14.2 Å². The molecule has 2 atom stereocenters. The fourth-order valence-electron chi connectivity index (χ4n) is 2.66. The minimum Gasteiger partial charge on any atom is -0.493 e. The zero-order valence-electron chi connectivity index (χ0n) is 12.2. The van der Waals surface area contributed by atoms with Crippen LogP contribution >= 0.6 is 0 Å². The van der Waals surface area contributed by atoms with Gasteiger partial charge in [-0.3, -0.25) is 0 Å². The van der Waals surface area contributed by atoms with Crippen molar-refractivity contribution in [3.8, 4) is 17.2 Å². The van der Waals surface area contributed by atoms with Crippen molar-refractivity contribution in [2.24, 2.45) is 0 Å². The minimum atomic E-state index is -0.110. The number of hydrogen-bond acceptors (Lipinski definition) is 4. The number of nitrogens with one attached hydrogen (secondary N) is 1. The van der Waals surface area contributed by atoms with Gasteiger partial charge in [-0.05, 0) is 25.2 Å². The summed E-state index contributed by atoms with van der Waals surface area (Å²) in [5.41, 5.74) is 1.12. The number of likely N-dealkylation sites (N-methyl/N-ethyl adjacent to an activating group) is 1. The van der Waals surface area contributed by atoms with E-state index in [0.717, 1.165) is 22.8 Å². The third kappa shape index (κ3) is 2.67. The molecule has 21 heavy (non-hydrogen) atoms. The third-order valence-corrected chi connectivity index (χ3v) is 3.69. The third-order valence-electron chi connectivity index (χ3n) is 3.69. The lowest BCUT2D eigenvalue weighted by Gasteiger charge is -2.33. The Morgan fingerprint density at radius 3 is 2.52 bits per heavy atom. The van der Waals surface area contributed by atoms with Crippen LogP contribution in [0.4, 0.5) is 0 Å². The van der Waals surface area contributed by atoms with Crippen LogP contribution in [-0.4, -0.2) is 26.9 Å². The van der Waals surface area contributed by atoms with Gasteiger partial charge < -0.3 is 19.5 Å². The standard InChI is InChI=1S/C17H19NO3/c1-18-17-12-7-3-4-8-13(12)20-11-16(17)21-15-10-6-5-9-14(15)19-2/h3-10,16-18H,11H2,1-2H3. The summed E-state index contributed by atoms with van der Waals surface area (Å²) in [7, 11) is 3.58. The van der Waals surface area contributed by atoms with Gasteiger partial charge in [0.25, 0.3) is 0 Å². The topological polar surface area (TPSA) is 39.7 Å². The van der Waals surface area contributed by atoms with E-state index in [9.17, 15) is 0 Å². The molecular formula is C17H19NO3. The van der Waals surface area contributed by atoms with Crippen molar-refractivity contribution in [3.05, 3.63) is 54.1 Å². The van der Waals surface area contributed by atoms with E-state index in [0.29, 0.717) is 6.61 Å². The molecule has 110 valence electrons. The van der Waals surface area contributed by atoms with Crippen LogP contribution < -0.4 is 19.5 Å². The fourth-order valence-corrected chi connectivity index (χ4v) is 2.66. The Bertz CT molecular complexity index is 614. The van der Waals surface area contributed by atoms with Gasteiger partial charge in [0.2, 0.25) is 0 Å². The van der Waals surface area contributed by atoms with Gasteiger partial charge in [-0.25, -0.2) is 0 Å². The van der Waals surface area contributed by atoms with Crippen molar-refractivity contribution in [2.45, 2.75) is 12.1 Å². The zero-order chi connectivity index (χ0) is 14.7. The van der Waals surface area contributed by atoms with Crippen LogP contribution in [0.15, 0.2) is 48.5 Å². The van der Waals surface area contributed by atoms with Crippen LogP contribution in [0, 0.1) is 0 Å². The Hall–Kier alpha value is -2.20. The first-order chi connectivity index (χ1) is 10.3. The quantitative estimate of drug-likeness (QED) is 0.937. The van der Waals surface area contributed by atoms with Gasteiger partial charge in [0.05, 0.1) is 13.2 Å². The zero-order valence-corrected chi connectivity index (χ0v) is 12.2. The molecule has 0 bridgehead atoms. The first-order valence-electron chi connectivity index (χ1n) is 7.02. The second-order valence-corrected chi connectivity index (χ2v) is 4.92. The van der Waals surface area contributed by atoms with Gasteiger partial charge in [-0.2, -0.15) is 0 Å². The average Bonchev–Trinajstić information content (AvgIpc) is 2.55. The molecule has 0 saturated carbocycles. The first kappa shape index (κ1) is 13.8. The molecule has 4 nitrogen and oxygen atoms in total. The van der Waals surface area contributed by atoms with E-state index in [-0.39, 0.29) is 12.1 Å². The van der Waals surface area contributed by atoms with Crippen LogP contribution in [0.1, 0.15) is 11.6 Å². The number of rotatable bonds is 4. The number of para-hydroxylation sites is 3. The van der Waals surface area contributed by atoms with Crippen molar-refractivity contribution in [3.63, 3.8) is 0 Å². The number of benzene rings is 2. The van der Waals surface area contributed by atoms with Crippen molar-refractivity contribution < 1.29 is 14.2 Å². The molecule has 0 spiro atoms. The maximum absolute atomic E-state index is 6.13. The summed E-state index contributed by atoms with van der Waals surface area (Å²) in [5, 5.41) is 3.32. The van der Waals surface area contributed by atoms with Crippen LogP contribution in [0.3, 0.4) is 0 Å². The van der Waals surface area contributed by atoms with Crippen LogP contribution in [0.5, 0.6) is 17.2 Å². The molecule has 1 N–H and O–H groups in total. The van der Waals surface area contributed by atoms with Crippen LogP contribution in [0.25, 0.3) is 0 Å². The van der Waals surface area contributed by atoms with E-state index < -0.39 is 0 Å². The van der Waals surface area contributed by atoms with E-state index in [1.54, 1.807) is 7.11 Å². The van der Waals surface area contributed by atoms with Crippen molar-refractivity contribution >= 4 is 0 Å². The lowest BCUT2D eigenvalue weighted by molar-refractivity contribution is 0.0750. The van der Waals surface area contributed by atoms with Gasteiger partial charge in [0, 0.05) is 5.56 Å². The van der Waals surface area contributed by atoms with Gasteiger partial charge in [-0.1, -0.05) is 30.3 Å². The second kappa shape index (κ2) is 6.06. The Morgan fingerprint density at radius 2 is 1.76 bits per heavy atom. The molecule has 0 saturated heterocycles. The molecule has 0 radical (unpaired) electrons. The maximum atomic E-state index is 6.13. The highest BCUT2D eigenvalue weighted by molar-refractivity contribution is 5.41. The molecule has 0 amide bonds. The molecule has 1 aliphatic rings. The fraction of sp³-hybridized carbons (Fsp3) is 0.294. The van der Waals surface area contributed by atoms with Crippen molar-refractivity contribution in [2.75, 3.05) is 20.8 Å². The van der Waals surface area contributed by atoms with E-state index in [1.807, 2.05) is 49.5 Å². The van der Waals surface area contributed by atoms with E-state index >= 15 is 0 Å². The summed E-state index contributed by atoms with van der Waals surface area (Å²) in [4.78, 5) is 0.